The van der Waals surface area contributed by atoms with Crippen molar-refractivity contribution in [2.45, 2.75) is 95.8 Å². The zero-order valence-electron chi connectivity index (χ0n) is 20.7. The van der Waals surface area contributed by atoms with Crippen molar-refractivity contribution < 1.29 is 14.7 Å². The fourth-order valence-electron chi connectivity index (χ4n) is 6.26. The van der Waals surface area contributed by atoms with Crippen molar-refractivity contribution in [1.82, 2.24) is 14.8 Å². The lowest BCUT2D eigenvalue weighted by molar-refractivity contribution is 0.0558. The average Bonchev–Trinajstić information content (AvgIpc) is 3.02. The maximum Gasteiger partial charge on any atom is 0.407 e. The van der Waals surface area contributed by atoms with Crippen LogP contribution in [0.4, 0.5) is 10.6 Å². The number of Topliss-reactive ketones (excluding diaryl/α,β-unsaturated/α-hetero) is 1. The molecular weight excluding hydrogens is 416 g/mol. The molecule has 3 saturated heterocycles. The summed E-state index contributed by atoms with van der Waals surface area (Å²) < 4.78 is 0. The maximum absolute atomic E-state index is 12.7. The molecule has 4 heterocycles. The van der Waals surface area contributed by atoms with E-state index in [0.29, 0.717) is 30.0 Å². The molecule has 0 aliphatic carbocycles. The van der Waals surface area contributed by atoms with E-state index in [4.69, 9.17) is 4.98 Å². The third kappa shape index (κ3) is 5.34. The van der Waals surface area contributed by atoms with E-state index >= 15 is 0 Å². The number of hydrogen-bond donors (Lipinski definition) is 1. The first-order valence-electron chi connectivity index (χ1n) is 12.6. The molecule has 3 aliphatic heterocycles. The normalized spacial score (nSPS) is 26.4. The van der Waals surface area contributed by atoms with Crippen LogP contribution in [0.5, 0.6) is 0 Å². The Balaban J connectivity index is 1.36. The Labute approximate surface area is 198 Å². The first-order valence-corrected chi connectivity index (χ1v) is 12.6. The van der Waals surface area contributed by atoms with Crippen LogP contribution in [-0.2, 0) is 0 Å². The van der Waals surface area contributed by atoms with Crippen molar-refractivity contribution in [3.8, 4) is 0 Å². The number of anilines is 1. The summed E-state index contributed by atoms with van der Waals surface area (Å²) in [5.74, 6) is 1.77. The van der Waals surface area contributed by atoms with Gasteiger partial charge in [0.15, 0.2) is 5.78 Å². The lowest BCUT2D eigenvalue weighted by Gasteiger charge is -2.47. The number of amides is 1. The Morgan fingerprint density at radius 2 is 1.73 bits per heavy atom. The molecular formula is C26H40N4O3. The first kappa shape index (κ1) is 24.0. The van der Waals surface area contributed by atoms with E-state index in [1.54, 1.807) is 11.1 Å². The van der Waals surface area contributed by atoms with Crippen LogP contribution in [0.2, 0.25) is 0 Å². The Kier molecular flexibility index (Phi) is 6.99. The third-order valence-corrected chi connectivity index (χ3v) is 7.95. The highest BCUT2D eigenvalue weighted by atomic mass is 16.4. The molecule has 0 spiro atoms. The van der Waals surface area contributed by atoms with E-state index in [2.05, 4.69) is 16.8 Å². The Morgan fingerprint density at radius 3 is 2.24 bits per heavy atom. The summed E-state index contributed by atoms with van der Waals surface area (Å²) in [5, 5.41) is 9.82. The predicted molar refractivity (Wildman–Crippen MR) is 130 cm³/mol. The summed E-state index contributed by atoms with van der Waals surface area (Å²) in [7, 11) is 2.16. The molecule has 1 amide bonds. The van der Waals surface area contributed by atoms with Crippen molar-refractivity contribution in [1.29, 1.82) is 0 Å². The minimum atomic E-state index is -0.832. The number of aromatic nitrogens is 1. The van der Waals surface area contributed by atoms with Crippen LogP contribution in [0.3, 0.4) is 0 Å². The molecule has 7 heteroatoms. The van der Waals surface area contributed by atoms with E-state index in [1.807, 2.05) is 32.9 Å². The van der Waals surface area contributed by atoms with Gasteiger partial charge < -0.3 is 19.8 Å². The highest BCUT2D eigenvalue weighted by Gasteiger charge is 2.46. The molecule has 0 saturated carbocycles. The van der Waals surface area contributed by atoms with Crippen molar-refractivity contribution >= 4 is 17.7 Å². The van der Waals surface area contributed by atoms with Crippen LogP contribution in [-0.4, -0.2) is 75.6 Å². The maximum atomic E-state index is 12.7. The number of piperidine rings is 2. The fourth-order valence-corrected chi connectivity index (χ4v) is 6.26. The van der Waals surface area contributed by atoms with E-state index in [0.717, 1.165) is 51.0 Å². The van der Waals surface area contributed by atoms with Gasteiger partial charge in [-0.3, -0.25) is 4.79 Å². The van der Waals surface area contributed by atoms with Gasteiger partial charge in [-0.2, -0.15) is 0 Å². The zero-order chi connectivity index (χ0) is 23.8. The number of pyridine rings is 1. The van der Waals surface area contributed by atoms with E-state index < -0.39 is 11.6 Å². The van der Waals surface area contributed by atoms with E-state index in [-0.39, 0.29) is 11.8 Å². The number of likely N-dealkylation sites (tertiary alicyclic amines) is 1. The molecule has 1 unspecified atom stereocenters. The molecule has 2 bridgehead atoms. The molecule has 182 valence electrons. The number of hydrogen-bond acceptors (Lipinski definition) is 5. The Bertz CT molecular complexity index is 828. The molecule has 0 aromatic carbocycles. The highest BCUT2D eigenvalue weighted by molar-refractivity contribution is 5.95. The molecule has 3 aliphatic rings. The van der Waals surface area contributed by atoms with Crippen molar-refractivity contribution in [2.75, 3.05) is 25.0 Å². The standard InChI is InChI=1S/C26H40N4O3/c1-26(2,3)30(25(32)33)22-15-20-7-8-21(16-22)29(20)24-10-6-19(17-27-24)23(31)9-5-18-11-13-28(4)14-12-18/h6,10,17-18,20-22H,5,7-9,11-16H2,1-4H3,(H,32,33)/t20-,21+,22?. The second-order valence-electron chi connectivity index (χ2n) is 11.4. The van der Waals surface area contributed by atoms with Crippen LogP contribution < -0.4 is 4.90 Å². The Morgan fingerprint density at radius 1 is 1.09 bits per heavy atom. The molecule has 0 radical (unpaired) electrons. The topological polar surface area (TPSA) is 77.0 Å². The van der Waals surface area contributed by atoms with Crippen LogP contribution in [0.15, 0.2) is 18.3 Å². The van der Waals surface area contributed by atoms with Crippen LogP contribution in [0.25, 0.3) is 0 Å². The number of rotatable bonds is 6. The summed E-state index contributed by atoms with van der Waals surface area (Å²) in [6, 6.07) is 4.57. The van der Waals surface area contributed by atoms with Crippen LogP contribution in [0.1, 0.15) is 82.5 Å². The molecule has 1 aromatic rings. The Hall–Kier alpha value is -2.15. The highest BCUT2D eigenvalue weighted by Crippen LogP contribution is 2.41. The summed E-state index contributed by atoms with van der Waals surface area (Å²) in [4.78, 5) is 35.8. The van der Waals surface area contributed by atoms with Crippen molar-refractivity contribution in [3.05, 3.63) is 23.9 Å². The van der Waals surface area contributed by atoms with Gasteiger partial charge in [-0.15, -0.1) is 0 Å². The van der Waals surface area contributed by atoms with E-state index in [9.17, 15) is 14.7 Å². The first-order chi connectivity index (χ1) is 15.6. The van der Waals surface area contributed by atoms with E-state index in [1.165, 1.54) is 12.8 Å². The van der Waals surface area contributed by atoms with Crippen LogP contribution in [0, 0.1) is 5.92 Å². The lowest BCUT2D eigenvalue weighted by Crippen LogP contribution is -2.57. The fraction of sp³-hybridized carbons (Fsp3) is 0.731. The smallest absolute Gasteiger partial charge is 0.407 e. The second kappa shape index (κ2) is 9.61. The number of fused-ring (bicyclic) bond motifs is 2. The van der Waals surface area contributed by atoms with Gasteiger partial charge in [-0.1, -0.05) is 0 Å². The van der Waals surface area contributed by atoms with Gasteiger partial charge in [0.25, 0.3) is 0 Å². The van der Waals surface area contributed by atoms with Gasteiger partial charge in [-0.25, -0.2) is 9.78 Å². The van der Waals surface area contributed by atoms with Gasteiger partial charge in [0, 0.05) is 41.8 Å². The van der Waals surface area contributed by atoms with Crippen molar-refractivity contribution in [2.24, 2.45) is 5.92 Å². The number of carboxylic acid groups (broad SMARTS) is 1. The average molecular weight is 457 g/mol. The number of ketones is 1. The molecule has 33 heavy (non-hydrogen) atoms. The molecule has 1 N–H and O–H groups in total. The molecule has 1 aromatic heterocycles. The lowest BCUT2D eigenvalue weighted by atomic mass is 9.90. The largest absolute Gasteiger partial charge is 0.465 e. The minimum absolute atomic E-state index is 0.0386. The predicted octanol–water partition coefficient (Wildman–Crippen LogP) is 4.66. The van der Waals surface area contributed by atoms with Gasteiger partial charge in [0.1, 0.15) is 5.82 Å². The van der Waals surface area contributed by atoms with Gasteiger partial charge in [0.05, 0.1) is 0 Å². The minimum Gasteiger partial charge on any atom is -0.465 e. The zero-order valence-corrected chi connectivity index (χ0v) is 20.7. The quantitative estimate of drug-likeness (QED) is 0.627. The third-order valence-electron chi connectivity index (χ3n) is 7.95. The van der Waals surface area contributed by atoms with Gasteiger partial charge in [0.2, 0.25) is 0 Å². The molecule has 3 atom stereocenters. The number of carbonyl (C=O) groups excluding carboxylic acids is 1. The summed E-state index contributed by atoms with van der Waals surface area (Å²) >= 11 is 0. The van der Waals surface area contributed by atoms with Crippen LogP contribution >= 0.6 is 0 Å². The molecule has 7 nitrogen and oxygen atoms in total. The summed E-state index contributed by atoms with van der Waals surface area (Å²) in [5.41, 5.74) is 0.296. The SMILES string of the molecule is CN1CCC(CCC(=O)c2ccc(N3[C@@H]4CC[C@H]3CC(N(C(=O)O)C(C)(C)C)C4)nc2)CC1. The number of carbonyl (C=O) groups is 2. The second-order valence-corrected chi connectivity index (χ2v) is 11.4. The molecule has 3 fully saturated rings. The number of nitrogens with zero attached hydrogens (tertiary/aromatic N) is 4. The summed E-state index contributed by atoms with van der Waals surface area (Å²) in [6.45, 7) is 8.18. The summed E-state index contributed by atoms with van der Waals surface area (Å²) in [6.07, 6.45) is 8.66. The molecule has 4 rings (SSSR count). The monoisotopic (exact) mass is 456 g/mol. The van der Waals surface area contributed by atoms with Gasteiger partial charge >= 0.3 is 6.09 Å². The van der Waals surface area contributed by atoms with Crippen molar-refractivity contribution in [3.63, 3.8) is 0 Å². The van der Waals surface area contributed by atoms with Gasteiger partial charge in [-0.05, 0) is 104 Å².